The Balaban J connectivity index is 1.59. The molecule has 0 radical (unpaired) electrons. The highest BCUT2D eigenvalue weighted by Crippen LogP contribution is 2.17. The molecule has 1 aromatic heterocycles. The molecule has 2 atom stereocenters. The standard InChI is InChI=1S/C16H21N3O/c1-13(18-10-14-6-9-20-11-14)15-2-4-16(5-3-15)19-8-7-17-12-19/h2-5,7-8,12-14,18H,6,9-11H2,1H3. The Labute approximate surface area is 119 Å². The van der Waals surface area contributed by atoms with Crippen molar-refractivity contribution in [1.29, 1.82) is 0 Å². The molecular formula is C16H21N3O. The van der Waals surface area contributed by atoms with Crippen molar-refractivity contribution in [2.45, 2.75) is 19.4 Å². The molecule has 4 heteroatoms. The summed E-state index contributed by atoms with van der Waals surface area (Å²) in [6.07, 6.45) is 6.74. The zero-order chi connectivity index (χ0) is 13.8. The average Bonchev–Trinajstić information content (AvgIpc) is 3.18. The van der Waals surface area contributed by atoms with Gasteiger partial charge < -0.3 is 14.6 Å². The molecule has 3 rings (SSSR count). The smallest absolute Gasteiger partial charge is 0.0991 e. The molecule has 1 aliphatic heterocycles. The summed E-state index contributed by atoms with van der Waals surface area (Å²) >= 11 is 0. The molecule has 1 fully saturated rings. The third-order valence-electron chi connectivity index (χ3n) is 3.93. The van der Waals surface area contributed by atoms with E-state index in [9.17, 15) is 0 Å². The Kier molecular flexibility index (Phi) is 4.14. The number of aromatic nitrogens is 2. The van der Waals surface area contributed by atoms with Crippen LogP contribution in [0.25, 0.3) is 5.69 Å². The van der Waals surface area contributed by atoms with Crippen LogP contribution < -0.4 is 5.32 Å². The maximum atomic E-state index is 5.40. The van der Waals surface area contributed by atoms with Crippen LogP contribution in [0.2, 0.25) is 0 Å². The van der Waals surface area contributed by atoms with E-state index in [1.165, 1.54) is 12.0 Å². The molecule has 1 saturated heterocycles. The molecule has 2 heterocycles. The number of hydrogen-bond donors (Lipinski definition) is 1. The number of hydrogen-bond acceptors (Lipinski definition) is 3. The number of ether oxygens (including phenoxy) is 1. The maximum absolute atomic E-state index is 5.40. The van der Waals surface area contributed by atoms with Crippen LogP contribution >= 0.6 is 0 Å². The predicted molar refractivity (Wildman–Crippen MR) is 78.9 cm³/mol. The van der Waals surface area contributed by atoms with Crippen LogP contribution in [0, 0.1) is 5.92 Å². The Morgan fingerprint density at radius 1 is 1.40 bits per heavy atom. The molecule has 1 N–H and O–H groups in total. The molecule has 106 valence electrons. The van der Waals surface area contributed by atoms with Crippen molar-refractivity contribution in [1.82, 2.24) is 14.9 Å². The van der Waals surface area contributed by atoms with Crippen LogP contribution in [0.4, 0.5) is 0 Å². The number of imidazole rings is 1. The van der Waals surface area contributed by atoms with Crippen LogP contribution in [0.15, 0.2) is 43.0 Å². The highest BCUT2D eigenvalue weighted by atomic mass is 16.5. The van der Waals surface area contributed by atoms with Crippen molar-refractivity contribution in [2.75, 3.05) is 19.8 Å². The minimum atomic E-state index is 0.368. The first kappa shape index (κ1) is 13.3. The number of nitrogens with zero attached hydrogens (tertiary/aromatic N) is 2. The molecular weight excluding hydrogens is 250 g/mol. The molecule has 1 aromatic carbocycles. The zero-order valence-electron chi connectivity index (χ0n) is 11.8. The predicted octanol–water partition coefficient (Wildman–Crippen LogP) is 2.56. The third kappa shape index (κ3) is 3.08. The van der Waals surface area contributed by atoms with Crippen LogP contribution in [-0.2, 0) is 4.74 Å². The first-order chi connectivity index (χ1) is 9.83. The lowest BCUT2D eigenvalue weighted by Gasteiger charge is -2.17. The molecule has 2 aromatic rings. The van der Waals surface area contributed by atoms with Gasteiger partial charge in [0.15, 0.2) is 0 Å². The van der Waals surface area contributed by atoms with E-state index in [1.54, 1.807) is 6.20 Å². The minimum absolute atomic E-state index is 0.368. The Morgan fingerprint density at radius 2 is 2.25 bits per heavy atom. The molecule has 0 spiro atoms. The monoisotopic (exact) mass is 271 g/mol. The van der Waals surface area contributed by atoms with Crippen molar-refractivity contribution in [3.63, 3.8) is 0 Å². The molecule has 20 heavy (non-hydrogen) atoms. The van der Waals surface area contributed by atoms with Crippen molar-refractivity contribution in [3.8, 4) is 5.69 Å². The van der Waals surface area contributed by atoms with Gasteiger partial charge in [-0.3, -0.25) is 0 Å². The van der Waals surface area contributed by atoms with Gasteiger partial charge in [0.2, 0.25) is 0 Å². The molecule has 0 bridgehead atoms. The van der Waals surface area contributed by atoms with Gasteiger partial charge in [-0.1, -0.05) is 12.1 Å². The summed E-state index contributed by atoms with van der Waals surface area (Å²) in [4.78, 5) is 4.07. The van der Waals surface area contributed by atoms with Gasteiger partial charge in [-0.25, -0.2) is 4.98 Å². The van der Waals surface area contributed by atoms with Crippen LogP contribution in [0.5, 0.6) is 0 Å². The molecule has 0 aliphatic carbocycles. The van der Waals surface area contributed by atoms with Gasteiger partial charge >= 0.3 is 0 Å². The molecule has 1 aliphatic rings. The highest BCUT2D eigenvalue weighted by molar-refractivity contribution is 5.35. The second-order valence-corrected chi connectivity index (χ2v) is 5.42. The fraction of sp³-hybridized carbons (Fsp3) is 0.438. The fourth-order valence-electron chi connectivity index (χ4n) is 2.55. The van der Waals surface area contributed by atoms with Gasteiger partial charge in [-0.15, -0.1) is 0 Å². The Hall–Kier alpha value is -1.65. The number of rotatable bonds is 5. The number of nitrogens with one attached hydrogen (secondary N) is 1. The van der Waals surface area contributed by atoms with Gasteiger partial charge in [-0.2, -0.15) is 0 Å². The lowest BCUT2D eigenvalue weighted by Crippen LogP contribution is -2.25. The first-order valence-corrected chi connectivity index (χ1v) is 7.22. The van der Waals surface area contributed by atoms with Crippen LogP contribution in [0.3, 0.4) is 0 Å². The van der Waals surface area contributed by atoms with Gasteiger partial charge in [0, 0.05) is 37.3 Å². The fourth-order valence-corrected chi connectivity index (χ4v) is 2.55. The van der Waals surface area contributed by atoms with E-state index in [2.05, 4.69) is 41.5 Å². The van der Waals surface area contributed by atoms with Crippen molar-refractivity contribution in [2.24, 2.45) is 5.92 Å². The summed E-state index contributed by atoms with van der Waals surface area (Å²) in [5.41, 5.74) is 2.45. The lowest BCUT2D eigenvalue weighted by molar-refractivity contribution is 0.184. The van der Waals surface area contributed by atoms with Gasteiger partial charge in [0.25, 0.3) is 0 Å². The average molecular weight is 271 g/mol. The van der Waals surface area contributed by atoms with Crippen LogP contribution in [0.1, 0.15) is 24.9 Å². The summed E-state index contributed by atoms with van der Waals surface area (Å²) in [5, 5.41) is 3.60. The van der Waals surface area contributed by atoms with Crippen LogP contribution in [-0.4, -0.2) is 29.3 Å². The number of benzene rings is 1. The first-order valence-electron chi connectivity index (χ1n) is 7.22. The van der Waals surface area contributed by atoms with E-state index in [0.29, 0.717) is 12.0 Å². The Bertz CT molecular complexity index is 515. The zero-order valence-corrected chi connectivity index (χ0v) is 11.8. The highest BCUT2D eigenvalue weighted by Gasteiger charge is 2.16. The normalized spacial score (nSPS) is 20.1. The molecule has 2 unspecified atom stereocenters. The largest absolute Gasteiger partial charge is 0.381 e. The van der Waals surface area contributed by atoms with E-state index < -0.39 is 0 Å². The SMILES string of the molecule is CC(NCC1CCOC1)c1ccc(-n2ccnc2)cc1. The summed E-state index contributed by atoms with van der Waals surface area (Å²) in [6.45, 7) is 5.06. The quantitative estimate of drug-likeness (QED) is 0.908. The summed E-state index contributed by atoms with van der Waals surface area (Å²) in [6, 6.07) is 8.99. The summed E-state index contributed by atoms with van der Waals surface area (Å²) in [5.74, 6) is 0.669. The van der Waals surface area contributed by atoms with Gasteiger partial charge in [0.1, 0.15) is 0 Å². The van der Waals surface area contributed by atoms with Crippen molar-refractivity contribution >= 4 is 0 Å². The van der Waals surface area contributed by atoms with E-state index in [0.717, 1.165) is 25.4 Å². The topological polar surface area (TPSA) is 39.1 Å². The lowest BCUT2D eigenvalue weighted by atomic mass is 10.1. The van der Waals surface area contributed by atoms with Gasteiger partial charge in [0.05, 0.1) is 12.9 Å². The van der Waals surface area contributed by atoms with Gasteiger partial charge in [-0.05, 0) is 37.0 Å². The third-order valence-corrected chi connectivity index (χ3v) is 3.93. The molecule has 4 nitrogen and oxygen atoms in total. The molecule has 0 amide bonds. The second kappa shape index (κ2) is 6.20. The second-order valence-electron chi connectivity index (χ2n) is 5.42. The summed E-state index contributed by atoms with van der Waals surface area (Å²) < 4.78 is 7.42. The van der Waals surface area contributed by atoms with E-state index in [4.69, 9.17) is 4.74 Å². The maximum Gasteiger partial charge on any atom is 0.0991 e. The van der Waals surface area contributed by atoms with Crippen molar-refractivity contribution < 1.29 is 4.74 Å². The van der Waals surface area contributed by atoms with E-state index in [1.807, 2.05) is 17.1 Å². The van der Waals surface area contributed by atoms with E-state index in [-0.39, 0.29) is 0 Å². The molecule has 0 saturated carbocycles. The Morgan fingerprint density at radius 3 is 2.90 bits per heavy atom. The summed E-state index contributed by atoms with van der Waals surface area (Å²) in [7, 11) is 0. The van der Waals surface area contributed by atoms with E-state index >= 15 is 0 Å². The van der Waals surface area contributed by atoms with Crippen molar-refractivity contribution in [3.05, 3.63) is 48.5 Å². The minimum Gasteiger partial charge on any atom is -0.381 e.